The molecule has 1 amide bonds. The minimum absolute atomic E-state index is 0.264. The van der Waals surface area contributed by atoms with Crippen LogP contribution in [0.4, 0.5) is 10.8 Å². The highest BCUT2D eigenvalue weighted by Gasteiger charge is 2.32. The van der Waals surface area contributed by atoms with Gasteiger partial charge in [0.05, 0.1) is 19.1 Å². The molecule has 1 aromatic heterocycles. The molecule has 1 atom stereocenters. The summed E-state index contributed by atoms with van der Waals surface area (Å²) in [4.78, 5) is 13.0. The fourth-order valence-electron chi connectivity index (χ4n) is 2.97. The number of nitrogens with zero attached hydrogens (tertiary/aromatic N) is 3. The molecule has 0 radical (unpaired) electrons. The van der Waals surface area contributed by atoms with E-state index in [0.717, 1.165) is 16.1 Å². The van der Waals surface area contributed by atoms with Gasteiger partial charge < -0.3 is 4.74 Å². The molecule has 0 spiro atoms. The molecule has 0 aliphatic heterocycles. The van der Waals surface area contributed by atoms with Crippen molar-refractivity contribution in [2.45, 2.75) is 19.4 Å². The molecule has 1 heterocycles. The number of carbonyl (C=O) groups is 1. The standard InChI is InChI=1S/C20H22N4O4S2/c1-4-17(24(30(3,26)27)15-11-8-12-16(13-15)28-2)18(25)21-20-23-22-19(29-20)14-9-6-5-7-10-14/h5-13,17H,4H2,1-3H3,(H,21,23,25). The van der Waals surface area contributed by atoms with Crippen LogP contribution in [0.5, 0.6) is 5.75 Å². The van der Waals surface area contributed by atoms with E-state index in [0.29, 0.717) is 21.6 Å². The maximum Gasteiger partial charge on any atom is 0.250 e. The fraction of sp³-hybridized carbons (Fsp3) is 0.250. The molecule has 158 valence electrons. The zero-order valence-electron chi connectivity index (χ0n) is 16.8. The first-order valence-electron chi connectivity index (χ1n) is 9.16. The van der Waals surface area contributed by atoms with Gasteiger partial charge in [0.25, 0.3) is 0 Å². The minimum atomic E-state index is -3.75. The summed E-state index contributed by atoms with van der Waals surface area (Å²) in [6.45, 7) is 1.75. The Morgan fingerprint density at radius 1 is 1.17 bits per heavy atom. The third-order valence-corrected chi connectivity index (χ3v) is 6.38. The summed E-state index contributed by atoms with van der Waals surface area (Å²) in [6, 6.07) is 15.1. The monoisotopic (exact) mass is 446 g/mol. The summed E-state index contributed by atoms with van der Waals surface area (Å²) in [7, 11) is -2.25. The second-order valence-electron chi connectivity index (χ2n) is 6.45. The molecule has 0 bridgehead atoms. The molecular formula is C20H22N4O4S2. The molecule has 10 heteroatoms. The van der Waals surface area contributed by atoms with Crippen molar-refractivity contribution in [2.75, 3.05) is 23.0 Å². The topological polar surface area (TPSA) is 101 Å². The number of anilines is 2. The smallest absolute Gasteiger partial charge is 0.250 e. The van der Waals surface area contributed by atoms with Crippen molar-refractivity contribution in [1.82, 2.24) is 10.2 Å². The molecule has 3 aromatic rings. The number of aromatic nitrogens is 2. The van der Waals surface area contributed by atoms with Crippen molar-refractivity contribution in [2.24, 2.45) is 0 Å². The van der Waals surface area contributed by atoms with E-state index >= 15 is 0 Å². The molecule has 0 saturated heterocycles. The van der Waals surface area contributed by atoms with Crippen molar-refractivity contribution in [3.05, 3.63) is 54.6 Å². The lowest BCUT2D eigenvalue weighted by Gasteiger charge is -2.29. The molecule has 30 heavy (non-hydrogen) atoms. The summed E-state index contributed by atoms with van der Waals surface area (Å²) >= 11 is 1.22. The first kappa shape index (κ1) is 21.7. The van der Waals surface area contributed by atoms with Gasteiger partial charge in [-0.15, -0.1) is 10.2 Å². The first-order valence-corrected chi connectivity index (χ1v) is 11.8. The lowest BCUT2D eigenvalue weighted by Crippen LogP contribution is -2.47. The highest BCUT2D eigenvalue weighted by Crippen LogP contribution is 2.29. The van der Waals surface area contributed by atoms with E-state index in [4.69, 9.17) is 4.74 Å². The third-order valence-electron chi connectivity index (χ3n) is 4.31. The Morgan fingerprint density at radius 3 is 2.53 bits per heavy atom. The second kappa shape index (κ2) is 9.23. The van der Waals surface area contributed by atoms with Crippen LogP contribution < -0.4 is 14.4 Å². The SMILES string of the molecule is CCC(C(=O)Nc1nnc(-c2ccccc2)s1)N(c1cccc(OC)c1)S(C)(=O)=O. The van der Waals surface area contributed by atoms with E-state index in [2.05, 4.69) is 15.5 Å². The molecule has 0 fully saturated rings. The summed E-state index contributed by atoms with van der Waals surface area (Å²) in [5.41, 5.74) is 1.23. The molecule has 0 saturated carbocycles. The maximum absolute atomic E-state index is 13.0. The highest BCUT2D eigenvalue weighted by atomic mass is 32.2. The molecular weight excluding hydrogens is 424 g/mol. The van der Waals surface area contributed by atoms with Crippen molar-refractivity contribution in [3.63, 3.8) is 0 Å². The van der Waals surface area contributed by atoms with Crippen LogP contribution >= 0.6 is 11.3 Å². The Labute approximate surface area is 179 Å². The number of benzene rings is 2. The lowest BCUT2D eigenvalue weighted by molar-refractivity contribution is -0.117. The summed E-state index contributed by atoms with van der Waals surface area (Å²) in [5, 5.41) is 11.8. The van der Waals surface area contributed by atoms with Gasteiger partial charge in [-0.3, -0.25) is 14.4 Å². The fourth-order valence-corrected chi connectivity index (χ4v) is 4.92. The van der Waals surface area contributed by atoms with E-state index in [1.807, 2.05) is 30.3 Å². The van der Waals surface area contributed by atoms with Crippen LogP contribution in [0.3, 0.4) is 0 Å². The van der Waals surface area contributed by atoms with Crippen molar-refractivity contribution in [1.29, 1.82) is 0 Å². The van der Waals surface area contributed by atoms with E-state index in [9.17, 15) is 13.2 Å². The number of ether oxygens (including phenoxy) is 1. The summed E-state index contributed by atoms with van der Waals surface area (Å²) < 4.78 is 31.4. The molecule has 8 nitrogen and oxygen atoms in total. The Bertz CT molecular complexity index is 1120. The van der Waals surface area contributed by atoms with E-state index in [1.54, 1.807) is 31.2 Å². The minimum Gasteiger partial charge on any atom is -0.497 e. The van der Waals surface area contributed by atoms with Gasteiger partial charge in [0.2, 0.25) is 21.1 Å². The van der Waals surface area contributed by atoms with Crippen LogP contribution in [0.2, 0.25) is 0 Å². The predicted octanol–water partition coefficient (Wildman–Crippen LogP) is 3.40. The number of methoxy groups -OCH3 is 1. The molecule has 0 aliphatic rings. The highest BCUT2D eigenvalue weighted by molar-refractivity contribution is 7.92. The van der Waals surface area contributed by atoms with Crippen LogP contribution in [-0.2, 0) is 14.8 Å². The number of sulfonamides is 1. The largest absolute Gasteiger partial charge is 0.497 e. The van der Waals surface area contributed by atoms with E-state index in [1.165, 1.54) is 18.4 Å². The zero-order chi connectivity index (χ0) is 21.7. The Balaban J connectivity index is 1.87. The van der Waals surface area contributed by atoms with Gasteiger partial charge in [0, 0.05) is 11.6 Å². The van der Waals surface area contributed by atoms with Crippen molar-refractivity contribution < 1.29 is 17.9 Å². The second-order valence-corrected chi connectivity index (χ2v) is 9.29. The van der Waals surface area contributed by atoms with Crippen molar-refractivity contribution in [3.8, 4) is 16.3 Å². The van der Waals surface area contributed by atoms with Crippen molar-refractivity contribution >= 4 is 38.1 Å². The molecule has 2 aromatic carbocycles. The average molecular weight is 447 g/mol. The normalized spacial score (nSPS) is 12.2. The quantitative estimate of drug-likeness (QED) is 0.569. The summed E-state index contributed by atoms with van der Waals surface area (Å²) in [6.07, 6.45) is 1.33. The number of rotatable bonds is 8. The van der Waals surface area contributed by atoms with Gasteiger partial charge >= 0.3 is 0 Å². The number of carbonyl (C=O) groups excluding carboxylic acids is 1. The third kappa shape index (κ3) is 4.95. The molecule has 1 N–H and O–H groups in total. The zero-order valence-corrected chi connectivity index (χ0v) is 18.4. The van der Waals surface area contributed by atoms with Gasteiger partial charge in [-0.25, -0.2) is 8.42 Å². The van der Waals surface area contributed by atoms with Gasteiger partial charge in [0.1, 0.15) is 16.8 Å². The first-order chi connectivity index (χ1) is 14.3. The van der Waals surface area contributed by atoms with Gasteiger partial charge in [-0.2, -0.15) is 0 Å². The van der Waals surface area contributed by atoms with Crippen LogP contribution in [0.15, 0.2) is 54.6 Å². The molecule has 1 unspecified atom stereocenters. The number of nitrogens with one attached hydrogen (secondary N) is 1. The number of amides is 1. The van der Waals surface area contributed by atoms with Crippen LogP contribution in [-0.4, -0.2) is 43.9 Å². The summed E-state index contributed by atoms with van der Waals surface area (Å²) in [5.74, 6) is 0.00884. The Kier molecular flexibility index (Phi) is 6.68. The lowest BCUT2D eigenvalue weighted by atomic mass is 10.2. The van der Waals surface area contributed by atoms with Crippen LogP contribution in [0.25, 0.3) is 10.6 Å². The van der Waals surface area contributed by atoms with Crippen LogP contribution in [0, 0.1) is 0 Å². The number of hydrogen-bond donors (Lipinski definition) is 1. The molecule has 3 rings (SSSR count). The van der Waals surface area contributed by atoms with Gasteiger partial charge in [-0.05, 0) is 18.6 Å². The Hall–Kier alpha value is -2.98. The van der Waals surface area contributed by atoms with E-state index in [-0.39, 0.29) is 6.42 Å². The maximum atomic E-state index is 13.0. The average Bonchev–Trinajstić information content (AvgIpc) is 3.20. The van der Waals surface area contributed by atoms with E-state index < -0.39 is 22.0 Å². The Morgan fingerprint density at radius 2 is 1.90 bits per heavy atom. The number of hydrogen-bond acceptors (Lipinski definition) is 7. The predicted molar refractivity (Wildman–Crippen MR) is 118 cm³/mol. The molecule has 0 aliphatic carbocycles. The van der Waals surface area contributed by atoms with Crippen LogP contribution in [0.1, 0.15) is 13.3 Å². The van der Waals surface area contributed by atoms with Gasteiger partial charge in [0.15, 0.2) is 0 Å². The van der Waals surface area contributed by atoms with Gasteiger partial charge in [-0.1, -0.05) is 54.7 Å².